The van der Waals surface area contributed by atoms with Crippen molar-refractivity contribution in [1.29, 1.82) is 0 Å². The van der Waals surface area contributed by atoms with Crippen molar-refractivity contribution in [2.24, 2.45) is 0 Å². The van der Waals surface area contributed by atoms with Gasteiger partial charge in [0.25, 0.3) is 11.8 Å². The highest BCUT2D eigenvalue weighted by molar-refractivity contribution is 6.01. The highest BCUT2D eigenvalue weighted by Crippen LogP contribution is 2.22. The molecule has 2 aromatic carbocycles. The first-order chi connectivity index (χ1) is 14.6. The molecule has 0 saturated heterocycles. The van der Waals surface area contributed by atoms with Crippen molar-refractivity contribution in [2.45, 2.75) is 46.1 Å². The van der Waals surface area contributed by atoms with Crippen LogP contribution in [-0.2, 0) is 15.0 Å². The molecule has 0 fully saturated rings. The number of nitrogens with one attached hydrogen (secondary N) is 3. The van der Waals surface area contributed by atoms with Gasteiger partial charge < -0.3 is 20.7 Å². The van der Waals surface area contributed by atoms with Crippen LogP contribution in [0.3, 0.4) is 0 Å². The number of hydrogen-bond acceptors (Lipinski definition) is 4. The van der Waals surface area contributed by atoms with E-state index in [0.717, 1.165) is 5.56 Å². The lowest BCUT2D eigenvalue weighted by Crippen LogP contribution is -2.41. The first-order valence-corrected chi connectivity index (χ1v) is 10.3. The zero-order valence-electron chi connectivity index (χ0n) is 18.7. The molecular formula is C24H31N3O4. The van der Waals surface area contributed by atoms with Crippen molar-refractivity contribution in [3.05, 3.63) is 59.7 Å². The van der Waals surface area contributed by atoms with Crippen molar-refractivity contribution in [2.75, 3.05) is 18.5 Å². The molecule has 0 aromatic heterocycles. The van der Waals surface area contributed by atoms with Crippen molar-refractivity contribution in [3.63, 3.8) is 0 Å². The van der Waals surface area contributed by atoms with Crippen molar-refractivity contribution in [3.8, 4) is 5.75 Å². The maximum absolute atomic E-state index is 12.5. The molecular weight excluding hydrogens is 394 g/mol. The molecule has 7 heteroatoms. The summed E-state index contributed by atoms with van der Waals surface area (Å²) < 4.78 is 5.38. The Hall–Kier alpha value is -3.35. The van der Waals surface area contributed by atoms with Crippen LogP contribution < -0.4 is 20.7 Å². The molecule has 1 atom stereocenters. The molecule has 166 valence electrons. The number of hydrogen-bond donors (Lipinski definition) is 3. The average Bonchev–Trinajstić information content (AvgIpc) is 2.72. The van der Waals surface area contributed by atoms with Crippen LogP contribution in [0.2, 0.25) is 0 Å². The summed E-state index contributed by atoms with van der Waals surface area (Å²) in [6, 6.07) is 13.3. The van der Waals surface area contributed by atoms with Gasteiger partial charge in [0, 0.05) is 17.8 Å². The van der Waals surface area contributed by atoms with E-state index in [1.165, 1.54) is 0 Å². The Balaban J connectivity index is 1.87. The van der Waals surface area contributed by atoms with E-state index in [-0.39, 0.29) is 29.7 Å². The van der Waals surface area contributed by atoms with Gasteiger partial charge in [0.1, 0.15) is 11.8 Å². The second kappa shape index (κ2) is 10.6. The van der Waals surface area contributed by atoms with Crippen LogP contribution >= 0.6 is 0 Å². The van der Waals surface area contributed by atoms with Gasteiger partial charge in [-0.1, -0.05) is 32.9 Å². The Morgan fingerprint density at radius 1 is 0.968 bits per heavy atom. The molecule has 3 N–H and O–H groups in total. The van der Waals surface area contributed by atoms with Crippen LogP contribution in [0.15, 0.2) is 48.5 Å². The van der Waals surface area contributed by atoms with Crippen LogP contribution in [0.1, 0.15) is 50.5 Å². The highest BCUT2D eigenvalue weighted by atomic mass is 16.5. The predicted octanol–water partition coefficient (Wildman–Crippen LogP) is 3.26. The van der Waals surface area contributed by atoms with Crippen LogP contribution in [0.5, 0.6) is 5.75 Å². The minimum absolute atomic E-state index is 0.00466. The van der Waals surface area contributed by atoms with Gasteiger partial charge in [0.05, 0.1) is 0 Å². The van der Waals surface area contributed by atoms with Crippen molar-refractivity contribution < 1.29 is 19.1 Å². The van der Waals surface area contributed by atoms with Gasteiger partial charge in [-0.2, -0.15) is 0 Å². The summed E-state index contributed by atoms with van der Waals surface area (Å²) in [5, 5.41) is 8.11. The third kappa shape index (κ3) is 7.44. The van der Waals surface area contributed by atoms with E-state index < -0.39 is 6.04 Å². The van der Waals surface area contributed by atoms with E-state index in [2.05, 4.69) is 36.7 Å². The number of likely N-dealkylation sites (N-methyl/N-ethyl adjacent to an activating group) is 1. The van der Waals surface area contributed by atoms with Crippen LogP contribution in [-0.4, -0.2) is 36.9 Å². The minimum atomic E-state index is -0.719. The molecule has 0 aliphatic rings. The van der Waals surface area contributed by atoms with Gasteiger partial charge in [-0.15, -0.1) is 0 Å². The van der Waals surface area contributed by atoms with Gasteiger partial charge in [-0.3, -0.25) is 14.4 Å². The Morgan fingerprint density at radius 2 is 1.58 bits per heavy atom. The number of anilines is 1. The number of rotatable bonds is 8. The molecule has 0 heterocycles. The molecule has 0 aliphatic heterocycles. The lowest BCUT2D eigenvalue weighted by atomic mass is 9.86. The first-order valence-electron chi connectivity index (χ1n) is 10.3. The summed E-state index contributed by atoms with van der Waals surface area (Å²) in [5.41, 5.74) is 2.20. The molecule has 1 unspecified atom stereocenters. The monoisotopic (exact) mass is 425 g/mol. The number of carbonyl (C=O) groups excluding carboxylic acids is 3. The number of benzene rings is 2. The third-order valence-corrected chi connectivity index (χ3v) is 4.62. The fourth-order valence-corrected chi connectivity index (χ4v) is 2.75. The Bertz CT molecular complexity index is 900. The second-order valence-corrected chi connectivity index (χ2v) is 8.28. The zero-order chi connectivity index (χ0) is 23.0. The van der Waals surface area contributed by atoms with E-state index in [1.807, 2.05) is 19.1 Å². The summed E-state index contributed by atoms with van der Waals surface area (Å²) in [5.74, 6) is -0.324. The Morgan fingerprint density at radius 3 is 2.13 bits per heavy atom. The topological polar surface area (TPSA) is 96.5 Å². The number of ether oxygens (including phenoxy) is 1. The molecule has 31 heavy (non-hydrogen) atoms. The maximum atomic E-state index is 12.5. The second-order valence-electron chi connectivity index (χ2n) is 8.28. The molecule has 2 aromatic rings. The van der Waals surface area contributed by atoms with Crippen molar-refractivity contribution in [1.82, 2.24) is 10.6 Å². The maximum Gasteiger partial charge on any atom is 0.257 e. The highest BCUT2D eigenvalue weighted by Gasteiger charge is 2.18. The molecule has 0 radical (unpaired) electrons. The van der Waals surface area contributed by atoms with Crippen molar-refractivity contribution >= 4 is 23.4 Å². The SMILES string of the molecule is CCNC(=O)COc1ccc(NC(=O)C(C)NC(=O)c2ccc(C(C)(C)C)cc2)cc1. The molecule has 0 bridgehead atoms. The number of amides is 3. The van der Waals surface area contributed by atoms with Crippen LogP contribution in [0, 0.1) is 0 Å². The molecule has 3 amide bonds. The van der Waals surface area contributed by atoms with E-state index in [9.17, 15) is 14.4 Å². The molecule has 0 spiro atoms. The fourth-order valence-electron chi connectivity index (χ4n) is 2.75. The lowest BCUT2D eigenvalue weighted by molar-refractivity contribution is -0.123. The van der Waals surface area contributed by atoms with E-state index in [1.54, 1.807) is 43.3 Å². The summed E-state index contributed by atoms with van der Waals surface area (Å²) in [4.78, 5) is 36.3. The van der Waals surface area contributed by atoms with E-state index in [4.69, 9.17) is 4.74 Å². The molecule has 0 aliphatic carbocycles. The summed E-state index contributed by atoms with van der Waals surface area (Å²) in [6.07, 6.45) is 0. The van der Waals surface area contributed by atoms with Gasteiger partial charge in [0.2, 0.25) is 5.91 Å². The molecule has 0 saturated carbocycles. The minimum Gasteiger partial charge on any atom is -0.484 e. The largest absolute Gasteiger partial charge is 0.484 e. The van der Waals surface area contributed by atoms with Gasteiger partial charge in [-0.05, 0) is 61.2 Å². The summed E-state index contributed by atoms with van der Waals surface area (Å²) in [6.45, 7) is 10.3. The Kier molecular flexibility index (Phi) is 8.19. The fraction of sp³-hybridized carbons (Fsp3) is 0.375. The van der Waals surface area contributed by atoms with Gasteiger partial charge in [-0.25, -0.2) is 0 Å². The molecule has 7 nitrogen and oxygen atoms in total. The van der Waals surface area contributed by atoms with E-state index in [0.29, 0.717) is 23.5 Å². The normalized spacial score (nSPS) is 11.9. The van der Waals surface area contributed by atoms with E-state index >= 15 is 0 Å². The quantitative estimate of drug-likeness (QED) is 0.605. The lowest BCUT2D eigenvalue weighted by Gasteiger charge is -2.19. The summed E-state index contributed by atoms with van der Waals surface area (Å²) >= 11 is 0. The van der Waals surface area contributed by atoms with Crippen LogP contribution in [0.4, 0.5) is 5.69 Å². The molecule has 2 rings (SSSR count). The van der Waals surface area contributed by atoms with Crippen LogP contribution in [0.25, 0.3) is 0 Å². The Labute approximate surface area is 183 Å². The number of carbonyl (C=O) groups is 3. The first kappa shape index (κ1) is 23.9. The standard InChI is InChI=1S/C24H31N3O4/c1-6-25-21(28)15-31-20-13-11-19(12-14-20)27-22(29)16(2)26-23(30)17-7-9-18(10-8-17)24(3,4)5/h7-14,16H,6,15H2,1-5H3,(H,25,28)(H,26,30)(H,27,29). The van der Waals surface area contributed by atoms with Gasteiger partial charge >= 0.3 is 0 Å². The summed E-state index contributed by atoms with van der Waals surface area (Å²) in [7, 11) is 0. The predicted molar refractivity (Wildman–Crippen MR) is 121 cm³/mol. The third-order valence-electron chi connectivity index (χ3n) is 4.62. The van der Waals surface area contributed by atoms with Gasteiger partial charge in [0.15, 0.2) is 6.61 Å². The zero-order valence-corrected chi connectivity index (χ0v) is 18.7. The smallest absolute Gasteiger partial charge is 0.257 e. The average molecular weight is 426 g/mol.